The highest BCUT2D eigenvalue weighted by atomic mass is 16.5. The summed E-state index contributed by atoms with van der Waals surface area (Å²) in [5.74, 6) is -2.05. The number of benzene rings is 1. The van der Waals surface area contributed by atoms with Crippen molar-refractivity contribution in [3.8, 4) is 0 Å². The molecule has 0 saturated carbocycles. The number of aryl methyl sites for hydroxylation is 1. The van der Waals surface area contributed by atoms with Gasteiger partial charge in [-0.3, -0.25) is 24.0 Å². The Hall–Kier alpha value is -4.52. The molecule has 1 heterocycles. The topological polar surface area (TPSA) is 184 Å². The van der Waals surface area contributed by atoms with Gasteiger partial charge in [0.15, 0.2) is 12.4 Å². The maximum Gasteiger partial charge on any atom is 0.252 e. The predicted octanol–water partition coefficient (Wildman–Crippen LogP) is 2.76. The molecule has 1 aromatic carbocycles. The highest BCUT2D eigenvalue weighted by Crippen LogP contribution is 2.13. The van der Waals surface area contributed by atoms with Crippen LogP contribution in [0, 0.1) is 23.0 Å². The van der Waals surface area contributed by atoms with Crippen LogP contribution in [0.5, 0.6) is 0 Å². The van der Waals surface area contributed by atoms with Crippen LogP contribution < -0.4 is 36.6 Å². The molecule has 52 heavy (non-hydrogen) atoms. The summed E-state index contributed by atoms with van der Waals surface area (Å²) in [7, 11) is 0. The van der Waals surface area contributed by atoms with E-state index >= 15 is 0 Å². The molecule has 0 aliphatic carbocycles. The van der Waals surface area contributed by atoms with E-state index in [0.717, 1.165) is 5.56 Å². The Morgan fingerprint density at radius 1 is 0.712 bits per heavy atom. The fourth-order valence-corrected chi connectivity index (χ4v) is 5.82. The van der Waals surface area contributed by atoms with Crippen molar-refractivity contribution in [1.82, 2.24) is 31.9 Å². The average Bonchev–Trinajstić information content (AvgIpc) is 3.11. The van der Waals surface area contributed by atoms with E-state index in [1.807, 2.05) is 85.7 Å². The van der Waals surface area contributed by atoms with Crippen LogP contribution in [0.25, 0.3) is 0 Å². The summed E-state index contributed by atoms with van der Waals surface area (Å²) in [5.41, 5.74) is 1.24. The monoisotopic (exact) mass is 723 g/mol. The lowest BCUT2D eigenvalue weighted by Gasteiger charge is -2.29. The molecule has 288 valence electrons. The highest BCUT2D eigenvalue weighted by Gasteiger charge is 2.32. The largest absolute Gasteiger partial charge is 0.619 e. The van der Waals surface area contributed by atoms with Crippen LogP contribution in [0.3, 0.4) is 0 Å². The van der Waals surface area contributed by atoms with Crippen molar-refractivity contribution in [3.05, 3.63) is 71.2 Å². The quantitative estimate of drug-likeness (QED) is 0.0797. The number of carbonyl (C=O) groups is 5. The molecular weight excluding hydrogens is 662 g/mol. The van der Waals surface area contributed by atoms with Gasteiger partial charge in [0.2, 0.25) is 23.6 Å². The third-order valence-corrected chi connectivity index (χ3v) is 9.08. The van der Waals surface area contributed by atoms with E-state index in [-0.39, 0.29) is 53.6 Å². The second kappa shape index (κ2) is 22.4. The van der Waals surface area contributed by atoms with Crippen molar-refractivity contribution >= 4 is 29.5 Å². The molecule has 6 N–H and O–H groups in total. The number of nitrogens with zero attached hydrogens (tertiary/aromatic N) is 1. The van der Waals surface area contributed by atoms with Gasteiger partial charge in [0.25, 0.3) is 5.91 Å². The minimum atomic E-state index is -0.935. The summed E-state index contributed by atoms with van der Waals surface area (Å²) in [6.07, 6.45) is 4.91. The lowest BCUT2D eigenvalue weighted by atomic mass is 9.96. The molecule has 0 saturated heterocycles. The summed E-state index contributed by atoms with van der Waals surface area (Å²) in [5, 5.41) is 29.3. The van der Waals surface area contributed by atoms with Crippen LogP contribution in [0.1, 0.15) is 97.0 Å². The Labute approximate surface area is 309 Å². The minimum Gasteiger partial charge on any atom is -0.619 e. The zero-order valence-electron chi connectivity index (χ0n) is 32.2. The molecule has 13 nitrogen and oxygen atoms in total. The van der Waals surface area contributed by atoms with Crippen molar-refractivity contribution < 1.29 is 28.7 Å². The Morgan fingerprint density at radius 2 is 1.35 bits per heavy atom. The van der Waals surface area contributed by atoms with E-state index in [9.17, 15) is 29.2 Å². The number of rotatable bonds is 22. The molecule has 0 fully saturated rings. The zero-order valence-corrected chi connectivity index (χ0v) is 32.2. The molecule has 2 rings (SSSR count). The lowest BCUT2D eigenvalue weighted by Crippen LogP contribution is -2.58. The van der Waals surface area contributed by atoms with Gasteiger partial charge in [0.05, 0.1) is 11.6 Å². The fraction of sp³-hybridized carbons (Fsp3) is 0.590. The number of carbonyl (C=O) groups excluding carboxylic acids is 5. The van der Waals surface area contributed by atoms with Gasteiger partial charge in [-0.15, -0.1) is 0 Å². The highest BCUT2D eigenvalue weighted by molar-refractivity contribution is 5.98. The van der Waals surface area contributed by atoms with Gasteiger partial charge >= 0.3 is 0 Å². The fourth-order valence-electron chi connectivity index (χ4n) is 5.82. The number of likely N-dealkylation sites (N-methyl/N-ethyl adjacent to an activating group) is 1. The van der Waals surface area contributed by atoms with Crippen molar-refractivity contribution in [1.29, 1.82) is 0 Å². The summed E-state index contributed by atoms with van der Waals surface area (Å²) >= 11 is 0. The summed E-state index contributed by atoms with van der Waals surface area (Å²) in [6, 6.07) is 8.92. The first-order valence-corrected chi connectivity index (χ1v) is 18.7. The molecule has 0 aliphatic heterocycles. The SMILES string of the molecule is CCNC(=O)[C@@H](NC(=O)[C@H](CC)NC[C@H](CC(C)C)NC(=O)[C@H](CCc1ccccc1)NC(=O)[C@@H](NC(=O)c1cc[n+]([O-])cc1)[C@@H](C)CC)C(C)C. The van der Waals surface area contributed by atoms with Gasteiger partial charge in [0, 0.05) is 31.3 Å². The van der Waals surface area contributed by atoms with Crippen LogP contribution in [-0.4, -0.2) is 72.8 Å². The van der Waals surface area contributed by atoms with E-state index in [2.05, 4.69) is 31.9 Å². The maximum atomic E-state index is 14.0. The summed E-state index contributed by atoms with van der Waals surface area (Å²) < 4.78 is 0.571. The molecule has 5 amide bonds. The van der Waals surface area contributed by atoms with Crippen LogP contribution in [0.15, 0.2) is 54.9 Å². The molecule has 0 spiro atoms. The van der Waals surface area contributed by atoms with E-state index in [0.29, 0.717) is 43.4 Å². The van der Waals surface area contributed by atoms with Crippen molar-refractivity contribution in [2.45, 2.75) is 118 Å². The minimum absolute atomic E-state index is 0.110. The molecule has 2 aromatic rings. The lowest BCUT2D eigenvalue weighted by molar-refractivity contribution is -0.605. The van der Waals surface area contributed by atoms with Crippen LogP contribution in [-0.2, 0) is 25.6 Å². The number of hydrogen-bond acceptors (Lipinski definition) is 7. The van der Waals surface area contributed by atoms with Gasteiger partial charge in [-0.05, 0) is 55.9 Å². The predicted molar refractivity (Wildman–Crippen MR) is 202 cm³/mol. The van der Waals surface area contributed by atoms with Gasteiger partial charge in [-0.25, -0.2) is 0 Å². The van der Waals surface area contributed by atoms with Crippen LogP contribution in [0.2, 0.25) is 0 Å². The smallest absolute Gasteiger partial charge is 0.252 e. The summed E-state index contributed by atoms with van der Waals surface area (Å²) in [4.78, 5) is 66.9. The van der Waals surface area contributed by atoms with Crippen molar-refractivity contribution in [3.63, 3.8) is 0 Å². The maximum absolute atomic E-state index is 14.0. The normalized spacial score (nSPS) is 14.7. The first-order valence-electron chi connectivity index (χ1n) is 18.7. The van der Waals surface area contributed by atoms with Crippen LogP contribution in [0.4, 0.5) is 0 Å². The first-order chi connectivity index (χ1) is 24.7. The molecule has 1 aromatic heterocycles. The van der Waals surface area contributed by atoms with E-state index < -0.39 is 36.0 Å². The van der Waals surface area contributed by atoms with E-state index in [4.69, 9.17) is 0 Å². The molecule has 0 unspecified atom stereocenters. The number of nitrogens with one attached hydrogen (secondary N) is 6. The molecule has 0 bridgehead atoms. The Morgan fingerprint density at radius 3 is 1.90 bits per heavy atom. The molecule has 0 radical (unpaired) electrons. The van der Waals surface area contributed by atoms with Crippen molar-refractivity contribution in [2.75, 3.05) is 13.1 Å². The zero-order chi connectivity index (χ0) is 38.8. The summed E-state index contributed by atoms with van der Waals surface area (Å²) in [6.45, 7) is 16.1. The van der Waals surface area contributed by atoms with Crippen molar-refractivity contribution in [2.24, 2.45) is 17.8 Å². The van der Waals surface area contributed by atoms with Gasteiger partial charge < -0.3 is 37.1 Å². The standard InChI is InChI=1S/C39H61N7O6/c1-9-27(8)34(45-35(47)29-19-21-46(52)22-20-29)39(51)43-32(18-17-28-15-13-12-14-16-28)37(49)42-30(23-25(4)5)24-41-31(10-2)36(48)44-33(26(6)7)38(50)40-11-3/h12-16,19-22,25-27,30-34,41H,9-11,17-18,23-24H2,1-8H3,(H,40,50)(H,42,49)(H,43,51)(H,44,48)(H,45,47)/t27-,30-,31-,32-,33-,34-/m0/s1. The molecule has 6 atom stereocenters. The third-order valence-electron chi connectivity index (χ3n) is 9.08. The second-order valence-electron chi connectivity index (χ2n) is 14.2. The Bertz CT molecular complexity index is 1420. The Balaban J connectivity index is 2.26. The first kappa shape index (κ1) is 43.6. The van der Waals surface area contributed by atoms with E-state index in [1.54, 1.807) is 0 Å². The Kier molecular flexibility index (Phi) is 18.8. The molecular formula is C39H61N7O6. The number of pyridine rings is 1. The van der Waals surface area contributed by atoms with Crippen LogP contribution >= 0.6 is 0 Å². The second-order valence-corrected chi connectivity index (χ2v) is 14.2. The average molecular weight is 724 g/mol. The number of amides is 5. The van der Waals surface area contributed by atoms with Gasteiger partial charge in [-0.1, -0.05) is 85.2 Å². The number of hydrogen-bond donors (Lipinski definition) is 6. The van der Waals surface area contributed by atoms with Gasteiger partial charge in [0.1, 0.15) is 18.1 Å². The third kappa shape index (κ3) is 14.6. The van der Waals surface area contributed by atoms with Gasteiger partial charge in [-0.2, -0.15) is 4.73 Å². The molecule has 13 heteroatoms. The van der Waals surface area contributed by atoms with E-state index in [1.165, 1.54) is 24.5 Å². The molecule has 0 aliphatic rings. The number of aromatic nitrogens is 1.